The van der Waals surface area contributed by atoms with Gasteiger partial charge in [-0.05, 0) is 49.3 Å². The molecule has 0 saturated heterocycles. The second kappa shape index (κ2) is 9.22. The van der Waals surface area contributed by atoms with Gasteiger partial charge < -0.3 is 15.3 Å². The Balaban J connectivity index is 2.04. The van der Waals surface area contributed by atoms with E-state index in [4.69, 9.17) is 0 Å². The molecule has 1 aliphatic carbocycles. The van der Waals surface area contributed by atoms with Gasteiger partial charge in [-0.25, -0.2) is 4.79 Å². The van der Waals surface area contributed by atoms with Gasteiger partial charge >= 0.3 is 5.97 Å². The molecule has 1 aliphatic rings. The van der Waals surface area contributed by atoms with Gasteiger partial charge in [-0.2, -0.15) is 0 Å². The van der Waals surface area contributed by atoms with Crippen LogP contribution in [-0.2, 0) is 16.1 Å². The molecule has 0 radical (unpaired) electrons. The van der Waals surface area contributed by atoms with E-state index in [9.17, 15) is 19.5 Å². The van der Waals surface area contributed by atoms with Crippen LogP contribution >= 0.6 is 0 Å². The standard InChI is InChI=1S/C22H32N2O4/c1-5-16-10-12-22(13-11-16,21(27)28)23-19(25)18-8-6-17(7-9-18)14-24(4)20(26)15(2)3/h6-9,15-16H,5,10-14H2,1-4H3,(H,23,25)(H,27,28). The van der Waals surface area contributed by atoms with Gasteiger partial charge in [-0.3, -0.25) is 9.59 Å². The maximum atomic E-state index is 12.7. The van der Waals surface area contributed by atoms with Crippen LogP contribution in [0.1, 0.15) is 68.8 Å². The van der Waals surface area contributed by atoms with Crippen LogP contribution in [0.25, 0.3) is 0 Å². The third kappa shape index (κ3) is 5.12. The third-order valence-electron chi connectivity index (χ3n) is 5.80. The number of rotatable bonds is 7. The molecule has 1 aromatic rings. The Morgan fingerprint density at radius 2 is 1.75 bits per heavy atom. The minimum absolute atomic E-state index is 0.0629. The van der Waals surface area contributed by atoms with Crippen molar-refractivity contribution in [2.24, 2.45) is 11.8 Å². The van der Waals surface area contributed by atoms with Gasteiger partial charge in [0.15, 0.2) is 0 Å². The number of amides is 2. The molecular formula is C22H32N2O4. The lowest BCUT2D eigenvalue weighted by atomic mass is 9.75. The fourth-order valence-electron chi connectivity index (χ4n) is 3.81. The number of hydrogen-bond acceptors (Lipinski definition) is 3. The van der Waals surface area contributed by atoms with E-state index in [1.807, 2.05) is 13.8 Å². The molecule has 0 unspecified atom stereocenters. The summed E-state index contributed by atoms with van der Waals surface area (Å²) in [4.78, 5) is 38.2. The molecule has 154 valence electrons. The van der Waals surface area contributed by atoms with Crippen LogP contribution in [0.3, 0.4) is 0 Å². The monoisotopic (exact) mass is 388 g/mol. The molecule has 2 N–H and O–H groups in total. The van der Waals surface area contributed by atoms with Crippen molar-refractivity contribution in [2.75, 3.05) is 7.05 Å². The van der Waals surface area contributed by atoms with Gasteiger partial charge in [0.2, 0.25) is 5.91 Å². The van der Waals surface area contributed by atoms with Crippen LogP contribution in [-0.4, -0.2) is 40.4 Å². The van der Waals surface area contributed by atoms with E-state index in [0.717, 1.165) is 24.8 Å². The first-order chi connectivity index (χ1) is 13.2. The van der Waals surface area contributed by atoms with Crippen LogP contribution in [0, 0.1) is 11.8 Å². The molecule has 0 spiro atoms. The second-order valence-electron chi connectivity index (χ2n) is 8.24. The number of hydrogen-bond donors (Lipinski definition) is 2. The molecule has 2 amide bonds. The number of nitrogens with one attached hydrogen (secondary N) is 1. The van der Waals surface area contributed by atoms with Gasteiger partial charge in [-0.15, -0.1) is 0 Å². The van der Waals surface area contributed by atoms with E-state index in [-0.39, 0.29) is 17.7 Å². The zero-order valence-corrected chi connectivity index (χ0v) is 17.3. The van der Waals surface area contributed by atoms with Crippen molar-refractivity contribution in [1.82, 2.24) is 10.2 Å². The lowest BCUT2D eigenvalue weighted by Gasteiger charge is -2.37. The smallest absolute Gasteiger partial charge is 0.329 e. The Hall–Kier alpha value is -2.37. The second-order valence-corrected chi connectivity index (χ2v) is 8.24. The summed E-state index contributed by atoms with van der Waals surface area (Å²) >= 11 is 0. The molecule has 1 saturated carbocycles. The van der Waals surface area contributed by atoms with Crippen LogP contribution in [0.15, 0.2) is 24.3 Å². The summed E-state index contributed by atoms with van der Waals surface area (Å²) in [5.41, 5.74) is 0.176. The Morgan fingerprint density at radius 1 is 1.18 bits per heavy atom. The van der Waals surface area contributed by atoms with Crippen molar-refractivity contribution in [3.63, 3.8) is 0 Å². The first-order valence-electron chi connectivity index (χ1n) is 10.1. The topological polar surface area (TPSA) is 86.7 Å². The highest BCUT2D eigenvalue weighted by atomic mass is 16.4. The first kappa shape index (κ1) is 21.9. The molecule has 2 rings (SSSR count). The molecule has 6 heteroatoms. The minimum Gasteiger partial charge on any atom is -0.480 e. The number of carboxylic acid groups (broad SMARTS) is 1. The number of aliphatic carboxylic acids is 1. The highest BCUT2D eigenvalue weighted by Crippen LogP contribution is 2.34. The lowest BCUT2D eigenvalue weighted by molar-refractivity contribution is -0.146. The van der Waals surface area contributed by atoms with Crippen molar-refractivity contribution in [1.29, 1.82) is 0 Å². The molecule has 0 aliphatic heterocycles. The average Bonchev–Trinajstić information content (AvgIpc) is 2.68. The Bertz CT molecular complexity index is 704. The minimum atomic E-state index is -1.18. The Morgan fingerprint density at radius 3 is 2.21 bits per heavy atom. The molecule has 28 heavy (non-hydrogen) atoms. The molecule has 0 atom stereocenters. The van der Waals surface area contributed by atoms with E-state index >= 15 is 0 Å². The summed E-state index contributed by atoms with van der Waals surface area (Å²) in [7, 11) is 1.76. The van der Waals surface area contributed by atoms with Crippen LogP contribution in [0.5, 0.6) is 0 Å². The Labute approximate surface area is 167 Å². The molecule has 0 heterocycles. The number of carboxylic acids is 1. The summed E-state index contributed by atoms with van der Waals surface area (Å²) in [6.07, 6.45) is 3.61. The van der Waals surface area contributed by atoms with Crippen LogP contribution < -0.4 is 5.32 Å². The van der Waals surface area contributed by atoms with Crippen molar-refractivity contribution in [2.45, 2.75) is 65.0 Å². The fourth-order valence-corrected chi connectivity index (χ4v) is 3.81. The van der Waals surface area contributed by atoms with Crippen molar-refractivity contribution < 1.29 is 19.5 Å². The summed E-state index contributed by atoms with van der Waals surface area (Å²) in [6, 6.07) is 6.98. The van der Waals surface area contributed by atoms with Gasteiger partial charge in [0.1, 0.15) is 5.54 Å². The molecule has 1 aromatic carbocycles. The normalized spacial score (nSPS) is 22.0. The quantitative estimate of drug-likeness (QED) is 0.749. The SMILES string of the molecule is CCC1CCC(NC(=O)c2ccc(CN(C)C(=O)C(C)C)cc2)(C(=O)O)CC1. The predicted octanol–water partition coefficient (Wildman–Crippen LogP) is 3.45. The van der Waals surface area contributed by atoms with Gasteiger partial charge in [-0.1, -0.05) is 39.3 Å². The fraction of sp³-hybridized carbons (Fsp3) is 0.591. The van der Waals surface area contributed by atoms with Gasteiger partial charge in [0.25, 0.3) is 5.91 Å². The van der Waals surface area contributed by atoms with E-state index < -0.39 is 11.5 Å². The Kier molecular flexibility index (Phi) is 7.22. The van der Waals surface area contributed by atoms with E-state index in [0.29, 0.717) is 30.9 Å². The molecule has 0 aromatic heterocycles. The molecule has 0 bridgehead atoms. The van der Waals surface area contributed by atoms with Crippen molar-refractivity contribution >= 4 is 17.8 Å². The summed E-state index contributed by atoms with van der Waals surface area (Å²) in [5, 5.41) is 12.5. The summed E-state index contributed by atoms with van der Waals surface area (Å²) in [5.74, 6) is -0.788. The maximum Gasteiger partial charge on any atom is 0.329 e. The van der Waals surface area contributed by atoms with Crippen molar-refractivity contribution in [3.05, 3.63) is 35.4 Å². The van der Waals surface area contributed by atoms with Crippen LogP contribution in [0.4, 0.5) is 0 Å². The molecular weight excluding hydrogens is 356 g/mol. The largest absolute Gasteiger partial charge is 0.480 e. The van der Waals surface area contributed by atoms with Crippen molar-refractivity contribution in [3.8, 4) is 0 Å². The average molecular weight is 389 g/mol. The zero-order valence-electron chi connectivity index (χ0n) is 17.3. The molecule has 1 fully saturated rings. The first-order valence-corrected chi connectivity index (χ1v) is 10.1. The number of carbonyl (C=O) groups excluding carboxylic acids is 2. The zero-order chi connectivity index (χ0) is 20.9. The maximum absolute atomic E-state index is 12.7. The van der Waals surface area contributed by atoms with E-state index in [1.54, 1.807) is 36.2 Å². The van der Waals surface area contributed by atoms with Gasteiger partial charge in [0, 0.05) is 25.1 Å². The number of benzene rings is 1. The number of nitrogens with zero attached hydrogens (tertiary/aromatic N) is 1. The highest BCUT2D eigenvalue weighted by Gasteiger charge is 2.43. The van der Waals surface area contributed by atoms with Gasteiger partial charge in [0.05, 0.1) is 0 Å². The number of carbonyl (C=O) groups is 3. The predicted molar refractivity (Wildman–Crippen MR) is 108 cm³/mol. The molecule has 6 nitrogen and oxygen atoms in total. The lowest BCUT2D eigenvalue weighted by Crippen LogP contribution is -2.56. The van der Waals surface area contributed by atoms with E-state index in [1.165, 1.54) is 0 Å². The summed E-state index contributed by atoms with van der Waals surface area (Å²) < 4.78 is 0. The summed E-state index contributed by atoms with van der Waals surface area (Å²) in [6.45, 7) is 6.30. The van der Waals surface area contributed by atoms with Crippen LogP contribution in [0.2, 0.25) is 0 Å². The highest BCUT2D eigenvalue weighted by molar-refractivity contribution is 5.98. The van der Waals surface area contributed by atoms with E-state index in [2.05, 4.69) is 12.2 Å². The third-order valence-corrected chi connectivity index (χ3v) is 5.80.